The largest absolute Gasteiger partial charge is 0.459 e. The number of hydrogen-bond donors (Lipinski definition) is 1. The minimum absolute atomic E-state index is 0.126. The molecule has 27 heavy (non-hydrogen) atoms. The van der Waals surface area contributed by atoms with Gasteiger partial charge in [-0.15, -0.1) is 0 Å². The molecule has 0 bridgehead atoms. The fourth-order valence-corrected chi connectivity index (χ4v) is 2.77. The van der Waals surface area contributed by atoms with Crippen molar-refractivity contribution in [2.75, 3.05) is 6.61 Å². The number of ether oxygens (including phenoxy) is 2. The molecule has 1 unspecified atom stereocenters. The second kappa shape index (κ2) is 8.99. The Hall–Kier alpha value is -1.71. The zero-order valence-corrected chi connectivity index (χ0v) is 14.9. The molecule has 1 N–H and O–H groups in total. The molecule has 0 radical (unpaired) electrons. The van der Waals surface area contributed by atoms with E-state index < -0.39 is 48.8 Å². The molecule has 0 heterocycles. The van der Waals surface area contributed by atoms with Gasteiger partial charge in [0.2, 0.25) is 0 Å². The number of carbonyl (C=O) groups excluding carboxylic acids is 2. The number of aliphatic hydroxyl groups excluding tert-OH is 1. The molecular weight excluding hydrogens is 379 g/mol. The third-order valence-electron chi connectivity index (χ3n) is 4.40. The minimum Gasteiger partial charge on any atom is -0.459 e. The van der Waals surface area contributed by atoms with Gasteiger partial charge in [-0.3, -0.25) is 4.79 Å². The molecule has 0 aliphatic heterocycles. The molecule has 1 atom stereocenters. The maximum absolute atomic E-state index is 12.7. The topological polar surface area (TPSA) is 72.8 Å². The van der Waals surface area contributed by atoms with Crippen molar-refractivity contribution < 1.29 is 46.1 Å². The second-order valence-corrected chi connectivity index (χ2v) is 6.71. The third-order valence-corrected chi connectivity index (χ3v) is 4.40. The van der Waals surface area contributed by atoms with Gasteiger partial charge in [-0.1, -0.05) is 13.0 Å². The van der Waals surface area contributed by atoms with E-state index in [4.69, 9.17) is 4.74 Å². The molecule has 0 aromatic rings. The monoisotopic (exact) mass is 402 g/mol. The highest BCUT2D eigenvalue weighted by Crippen LogP contribution is 2.37. The fourth-order valence-electron chi connectivity index (χ4n) is 2.77. The minimum atomic E-state index is -5.82. The van der Waals surface area contributed by atoms with Crippen LogP contribution in [-0.2, 0) is 19.1 Å². The lowest BCUT2D eigenvalue weighted by Gasteiger charge is -2.40. The number of hydrogen-bond acceptors (Lipinski definition) is 5. The van der Waals surface area contributed by atoms with Crippen LogP contribution in [0.1, 0.15) is 51.9 Å². The van der Waals surface area contributed by atoms with Gasteiger partial charge in [0.05, 0.1) is 6.10 Å². The van der Waals surface area contributed by atoms with Crippen molar-refractivity contribution >= 4 is 11.9 Å². The van der Waals surface area contributed by atoms with E-state index >= 15 is 0 Å². The summed E-state index contributed by atoms with van der Waals surface area (Å²) in [5.41, 5.74) is -1.12. The predicted molar refractivity (Wildman–Crippen MR) is 83.9 cm³/mol. The first kappa shape index (κ1) is 23.3. The summed E-state index contributed by atoms with van der Waals surface area (Å²) in [6, 6.07) is 0. The maximum Gasteiger partial charge on any atom is 0.456 e. The Labute approximate surface area is 153 Å². The van der Waals surface area contributed by atoms with Gasteiger partial charge in [0.25, 0.3) is 0 Å². The first-order valence-electron chi connectivity index (χ1n) is 8.48. The van der Waals surface area contributed by atoms with Gasteiger partial charge in [0.1, 0.15) is 5.60 Å². The zero-order valence-electron chi connectivity index (χ0n) is 14.9. The molecule has 1 saturated carbocycles. The molecule has 1 aliphatic rings. The Balaban J connectivity index is 2.63. The summed E-state index contributed by atoms with van der Waals surface area (Å²) >= 11 is 0. The van der Waals surface area contributed by atoms with Crippen molar-refractivity contribution in [3.05, 3.63) is 12.2 Å². The fraction of sp³-hybridized carbons (Fsp3) is 0.765. The van der Waals surface area contributed by atoms with Gasteiger partial charge < -0.3 is 14.6 Å². The number of alkyl halides is 5. The van der Waals surface area contributed by atoms with E-state index in [2.05, 4.69) is 11.3 Å². The van der Waals surface area contributed by atoms with Crippen LogP contribution in [0.5, 0.6) is 0 Å². The van der Waals surface area contributed by atoms with E-state index in [0.29, 0.717) is 25.7 Å². The lowest BCUT2D eigenvalue weighted by Crippen LogP contribution is -2.48. The van der Waals surface area contributed by atoms with Crippen molar-refractivity contribution in [3.63, 3.8) is 0 Å². The number of carbonyl (C=O) groups is 2. The molecule has 1 rings (SSSR count). The quantitative estimate of drug-likeness (QED) is 0.381. The molecule has 0 amide bonds. The van der Waals surface area contributed by atoms with Gasteiger partial charge >= 0.3 is 24.0 Å². The van der Waals surface area contributed by atoms with Crippen LogP contribution in [0.25, 0.3) is 0 Å². The number of esters is 2. The third kappa shape index (κ3) is 6.44. The summed E-state index contributed by atoms with van der Waals surface area (Å²) in [5.74, 6) is -7.17. The summed E-state index contributed by atoms with van der Waals surface area (Å²) in [6.45, 7) is 2.77. The first-order chi connectivity index (χ1) is 12.3. The zero-order chi connectivity index (χ0) is 20.9. The van der Waals surface area contributed by atoms with Gasteiger partial charge in [-0.25, -0.2) is 4.79 Å². The van der Waals surface area contributed by atoms with Crippen molar-refractivity contribution in [1.82, 2.24) is 0 Å². The molecule has 1 fully saturated rings. The highest BCUT2D eigenvalue weighted by Gasteiger charge is 2.58. The highest BCUT2D eigenvalue weighted by molar-refractivity contribution is 5.87. The molecule has 0 saturated heterocycles. The Morgan fingerprint density at radius 1 is 1.15 bits per heavy atom. The predicted octanol–water partition coefficient (Wildman–Crippen LogP) is 3.69. The van der Waals surface area contributed by atoms with Crippen molar-refractivity contribution in [2.24, 2.45) is 0 Å². The summed E-state index contributed by atoms with van der Waals surface area (Å²) in [6.07, 6.45) is -5.13. The first-order valence-corrected chi connectivity index (χ1v) is 8.48. The van der Waals surface area contributed by atoms with Crippen LogP contribution in [0.15, 0.2) is 12.2 Å². The average Bonchev–Trinajstić information content (AvgIpc) is 2.57. The smallest absolute Gasteiger partial charge is 0.456 e. The summed E-state index contributed by atoms with van der Waals surface area (Å²) < 4.78 is 71.0. The van der Waals surface area contributed by atoms with Crippen molar-refractivity contribution in [3.8, 4) is 0 Å². The Morgan fingerprint density at radius 2 is 1.70 bits per heavy atom. The Morgan fingerprint density at radius 3 is 2.19 bits per heavy atom. The standard InChI is InChI=1S/C17H23F5O5/c1-11(2)14(25)27-15(8-4-3-5-9-15)12(23)6-7-13(24)26-10-16(18,19)17(20,21)22/h12,23H,1,3-10H2,2H3. The molecule has 5 nitrogen and oxygen atoms in total. The van der Waals surface area contributed by atoms with Crippen LogP contribution in [0.2, 0.25) is 0 Å². The lowest BCUT2D eigenvalue weighted by molar-refractivity contribution is -0.294. The van der Waals surface area contributed by atoms with E-state index in [1.165, 1.54) is 6.92 Å². The van der Waals surface area contributed by atoms with Crippen LogP contribution in [0.4, 0.5) is 22.0 Å². The van der Waals surface area contributed by atoms with Crippen molar-refractivity contribution in [1.29, 1.82) is 0 Å². The molecule has 0 aromatic heterocycles. The van der Waals surface area contributed by atoms with E-state index in [9.17, 15) is 36.6 Å². The van der Waals surface area contributed by atoms with E-state index in [1.54, 1.807) is 0 Å². The summed E-state index contributed by atoms with van der Waals surface area (Å²) in [4.78, 5) is 23.3. The molecule has 0 aromatic carbocycles. The molecule has 10 heteroatoms. The van der Waals surface area contributed by atoms with Gasteiger partial charge in [0, 0.05) is 12.0 Å². The lowest BCUT2D eigenvalue weighted by atomic mass is 9.79. The summed E-state index contributed by atoms with van der Waals surface area (Å²) in [7, 11) is 0. The Bertz CT molecular complexity index is 552. The van der Waals surface area contributed by atoms with E-state index in [-0.39, 0.29) is 12.0 Å². The van der Waals surface area contributed by atoms with Crippen LogP contribution in [0.3, 0.4) is 0 Å². The average molecular weight is 402 g/mol. The van der Waals surface area contributed by atoms with Gasteiger partial charge in [-0.05, 0) is 39.0 Å². The Kier molecular flexibility index (Phi) is 7.76. The maximum atomic E-state index is 12.7. The number of halogens is 5. The molecule has 1 aliphatic carbocycles. The SMILES string of the molecule is C=C(C)C(=O)OC1(C(O)CCC(=O)OCC(F)(F)C(F)(F)F)CCCCC1. The normalized spacial score (nSPS) is 18.5. The van der Waals surface area contributed by atoms with Crippen LogP contribution in [0, 0.1) is 0 Å². The van der Waals surface area contributed by atoms with E-state index in [1.807, 2.05) is 0 Å². The van der Waals surface area contributed by atoms with Crippen LogP contribution < -0.4 is 0 Å². The van der Waals surface area contributed by atoms with Crippen LogP contribution >= 0.6 is 0 Å². The highest BCUT2D eigenvalue weighted by atomic mass is 19.4. The second-order valence-electron chi connectivity index (χ2n) is 6.71. The summed E-state index contributed by atoms with van der Waals surface area (Å²) in [5, 5.41) is 10.4. The number of aliphatic hydroxyl groups is 1. The molecule has 0 spiro atoms. The van der Waals surface area contributed by atoms with Gasteiger partial charge in [0.15, 0.2) is 6.61 Å². The van der Waals surface area contributed by atoms with E-state index in [0.717, 1.165) is 6.42 Å². The van der Waals surface area contributed by atoms with Crippen LogP contribution in [-0.4, -0.2) is 47.5 Å². The van der Waals surface area contributed by atoms with Crippen molar-refractivity contribution in [2.45, 2.75) is 75.7 Å². The van der Waals surface area contributed by atoms with Gasteiger partial charge in [-0.2, -0.15) is 22.0 Å². The number of rotatable bonds is 8. The molecular formula is C17H23F5O5. The molecule has 156 valence electrons.